The van der Waals surface area contributed by atoms with E-state index in [1.165, 1.54) is 6.26 Å². The van der Waals surface area contributed by atoms with Crippen LogP contribution in [0.5, 0.6) is 0 Å². The van der Waals surface area contributed by atoms with Crippen molar-refractivity contribution in [2.24, 2.45) is 5.92 Å². The number of rotatable bonds is 7. The molecule has 1 unspecified atom stereocenters. The Bertz CT molecular complexity index is 1580. The molecule has 3 aromatic rings. The fourth-order valence-electron chi connectivity index (χ4n) is 5.88. The van der Waals surface area contributed by atoms with Crippen molar-refractivity contribution in [2.45, 2.75) is 57.7 Å². The molecule has 1 aromatic carbocycles. The summed E-state index contributed by atoms with van der Waals surface area (Å²) < 4.78 is 27.7. The summed E-state index contributed by atoms with van der Waals surface area (Å²) in [5, 5.41) is 15.3. The molecule has 2 aromatic heterocycles. The highest BCUT2D eigenvalue weighted by Gasteiger charge is 2.35. The summed E-state index contributed by atoms with van der Waals surface area (Å²) in [5.74, 6) is 0.354. The lowest BCUT2D eigenvalue weighted by atomic mass is 9.83. The average molecular weight is 589 g/mol. The van der Waals surface area contributed by atoms with Gasteiger partial charge in [-0.3, -0.25) is 4.90 Å². The first-order valence-corrected chi connectivity index (χ1v) is 15.7. The Kier molecular flexibility index (Phi) is 8.00. The van der Waals surface area contributed by atoms with Crippen LogP contribution in [0.2, 0.25) is 10.0 Å². The second-order valence-electron chi connectivity index (χ2n) is 10.5. The Balaban J connectivity index is 1.42. The SMILES string of the molecule is C[C@@H]1CC(c2cnc3c(C#N)nn([C@H](C)c4ccc(Cl)cc4Cl)c3n2)=CCC1N1CCC[C@H]1CNS(C)(=O)=O. The first-order valence-electron chi connectivity index (χ1n) is 13.1. The molecule has 0 radical (unpaired) electrons. The summed E-state index contributed by atoms with van der Waals surface area (Å²) in [6.45, 7) is 5.61. The van der Waals surface area contributed by atoms with Gasteiger partial charge in [0.05, 0.1) is 24.2 Å². The maximum absolute atomic E-state index is 11.6. The van der Waals surface area contributed by atoms with Gasteiger partial charge in [-0.25, -0.2) is 27.8 Å². The first-order chi connectivity index (χ1) is 18.6. The summed E-state index contributed by atoms with van der Waals surface area (Å²) in [5.41, 5.74) is 3.91. The number of hydrogen-bond donors (Lipinski definition) is 1. The second-order valence-corrected chi connectivity index (χ2v) is 13.2. The molecule has 0 spiro atoms. The van der Waals surface area contributed by atoms with Crippen molar-refractivity contribution in [1.82, 2.24) is 29.4 Å². The number of nitrogens with zero attached hydrogens (tertiary/aromatic N) is 6. The maximum Gasteiger partial charge on any atom is 0.208 e. The van der Waals surface area contributed by atoms with Crippen LogP contribution in [0, 0.1) is 17.2 Å². The van der Waals surface area contributed by atoms with Gasteiger partial charge in [-0.2, -0.15) is 10.4 Å². The van der Waals surface area contributed by atoms with Crippen LogP contribution in [0.4, 0.5) is 0 Å². The van der Waals surface area contributed by atoms with Crippen molar-refractivity contribution in [2.75, 3.05) is 19.3 Å². The van der Waals surface area contributed by atoms with Crippen molar-refractivity contribution in [1.29, 1.82) is 5.26 Å². The van der Waals surface area contributed by atoms with Crippen molar-refractivity contribution in [3.63, 3.8) is 0 Å². The minimum absolute atomic E-state index is 0.207. The molecule has 1 fully saturated rings. The van der Waals surface area contributed by atoms with E-state index >= 15 is 0 Å². The third kappa shape index (κ3) is 5.83. The van der Waals surface area contributed by atoms with Crippen molar-refractivity contribution in [3.8, 4) is 6.07 Å². The van der Waals surface area contributed by atoms with Crippen LogP contribution < -0.4 is 4.72 Å². The van der Waals surface area contributed by atoms with Crippen molar-refractivity contribution >= 4 is 50.0 Å². The van der Waals surface area contributed by atoms with Crippen LogP contribution in [0.25, 0.3) is 16.7 Å². The lowest BCUT2D eigenvalue weighted by molar-refractivity contribution is 0.133. The van der Waals surface area contributed by atoms with Gasteiger partial charge in [0.25, 0.3) is 0 Å². The van der Waals surface area contributed by atoms with Crippen molar-refractivity contribution < 1.29 is 8.42 Å². The fraction of sp³-hybridized carbons (Fsp3) is 0.481. The molecule has 0 amide bonds. The standard InChI is InChI=1S/C27H31Cl2N7O2S/c1-16-11-18(6-9-25(16)35-10-4-5-20(35)14-32-39(3,37)38)24-15-31-26-23(13-30)34-36(27(26)33-24)17(2)21-8-7-19(28)12-22(21)29/h6-8,12,15-17,20,25,32H,4-5,9-11,14H2,1-3H3/t16-,17-,20+,25?/m1/s1. The van der Waals surface area contributed by atoms with Gasteiger partial charge in [-0.05, 0) is 68.3 Å². The molecule has 1 N–H and O–H groups in total. The number of fused-ring (bicyclic) bond motifs is 1. The molecule has 1 saturated heterocycles. The van der Waals surface area contributed by atoms with Gasteiger partial charge in [0, 0.05) is 28.7 Å². The largest absolute Gasteiger partial charge is 0.296 e. The summed E-state index contributed by atoms with van der Waals surface area (Å²) in [6.07, 6.45) is 8.90. The second kappa shape index (κ2) is 11.1. The predicted octanol–water partition coefficient (Wildman–Crippen LogP) is 4.81. The van der Waals surface area contributed by atoms with E-state index < -0.39 is 10.0 Å². The highest BCUT2D eigenvalue weighted by Crippen LogP contribution is 2.37. The van der Waals surface area contributed by atoms with Crippen LogP contribution in [-0.4, -0.2) is 64.5 Å². The lowest BCUT2D eigenvalue weighted by Crippen LogP contribution is -2.48. The molecule has 1 aliphatic carbocycles. The molecule has 1 aliphatic heterocycles. The van der Waals surface area contributed by atoms with E-state index in [-0.39, 0.29) is 17.8 Å². The Morgan fingerprint density at radius 2 is 2.10 bits per heavy atom. The molecule has 0 saturated carbocycles. The Morgan fingerprint density at radius 3 is 2.79 bits per heavy atom. The van der Waals surface area contributed by atoms with E-state index in [2.05, 4.69) is 38.8 Å². The number of hydrogen-bond acceptors (Lipinski definition) is 7. The lowest BCUT2D eigenvalue weighted by Gasteiger charge is -2.39. The van der Waals surface area contributed by atoms with Crippen LogP contribution in [0.1, 0.15) is 62.5 Å². The summed E-state index contributed by atoms with van der Waals surface area (Å²) in [7, 11) is -3.22. The molecule has 12 heteroatoms. The van der Waals surface area contributed by atoms with E-state index in [1.807, 2.05) is 13.0 Å². The fourth-order valence-corrected chi connectivity index (χ4v) is 6.94. The zero-order valence-electron chi connectivity index (χ0n) is 22.1. The van der Waals surface area contributed by atoms with Crippen LogP contribution in [-0.2, 0) is 10.0 Å². The highest BCUT2D eigenvalue weighted by molar-refractivity contribution is 7.88. The quantitative estimate of drug-likeness (QED) is 0.421. The molecule has 39 heavy (non-hydrogen) atoms. The number of likely N-dealkylation sites (tertiary alicyclic amines) is 1. The summed E-state index contributed by atoms with van der Waals surface area (Å²) >= 11 is 12.6. The van der Waals surface area contributed by atoms with Crippen LogP contribution in [0.3, 0.4) is 0 Å². The first kappa shape index (κ1) is 28.0. The molecule has 206 valence electrons. The smallest absolute Gasteiger partial charge is 0.208 e. The zero-order chi connectivity index (χ0) is 27.9. The molecule has 9 nitrogen and oxygen atoms in total. The zero-order valence-corrected chi connectivity index (χ0v) is 24.4. The number of sulfonamides is 1. The molecular formula is C27H31Cl2N7O2S. The Morgan fingerprint density at radius 1 is 1.31 bits per heavy atom. The van der Waals surface area contributed by atoms with E-state index in [0.29, 0.717) is 39.7 Å². The number of halogens is 2. The maximum atomic E-state index is 11.6. The molecule has 4 atom stereocenters. The molecular weight excluding hydrogens is 557 g/mol. The normalized spacial score (nSPS) is 23.1. The Labute approximate surface area is 238 Å². The number of aromatic nitrogens is 4. The minimum Gasteiger partial charge on any atom is -0.296 e. The molecule has 0 bridgehead atoms. The van der Waals surface area contributed by atoms with Gasteiger partial charge in [-0.1, -0.05) is 42.3 Å². The van der Waals surface area contributed by atoms with E-state index in [0.717, 1.165) is 49.1 Å². The number of allylic oxidation sites excluding steroid dienone is 1. The number of nitriles is 1. The monoisotopic (exact) mass is 587 g/mol. The highest BCUT2D eigenvalue weighted by atomic mass is 35.5. The van der Waals surface area contributed by atoms with E-state index in [1.54, 1.807) is 23.0 Å². The summed E-state index contributed by atoms with van der Waals surface area (Å²) in [4.78, 5) is 12.0. The third-order valence-electron chi connectivity index (χ3n) is 7.85. The predicted molar refractivity (Wildman–Crippen MR) is 153 cm³/mol. The number of benzene rings is 1. The molecule has 2 aliphatic rings. The van der Waals surface area contributed by atoms with E-state index in [9.17, 15) is 13.7 Å². The third-order valence-corrected chi connectivity index (χ3v) is 9.11. The number of nitrogens with one attached hydrogen (secondary N) is 1. The van der Waals surface area contributed by atoms with Gasteiger partial charge in [0.15, 0.2) is 11.3 Å². The minimum atomic E-state index is -3.22. The molecule has 5 rings (SSSR count). The van der Waals surface area contributed by atoms with Gasteiger partial charge in [0.2, 0.25) is 10.0 Å². The topological polar surface area (TPSA) is 117 Å². The summed E-state index contributed by atoms with van der Waals surface area (Å²) in [6, 6.07) is 7.71. The van der Waals surface area contributed by atoms with Gasteiger partial charge in [-0.15, -0.1) is 0 Å². The van der Waals surface area contributed by atoms with Gasteiger partial charge < -0.3 is 0 Å². The van der Waals surface area contributed by atoms with Crippen molar-refractivity contribution in [3.05, 3.63) is 57.5 Å². The van der Waals surface area contributed by atoms with Crippen LogP contribution >= 0.6 is 23.2 Å². The molecule has 3 heterocycles. The van der Waals surface area contributed by atoms with Gasteiger partial charge >= 0.3 is 0 Å². The van der Waals surface area contributed by atoms with Gasteiger partial charge in [0.1, 0.15) is 11.6 Å². The average Bonchev–Trinajstić information content (AvgIpc) is 3.51. The van der Waals surface area contributed by atoms with Crippen LogP contribution in [0.15, 0.2) is 30.5 Å². The van der Waals surface area contributed by atoms with E-state index in [4.69, 9.17) is 28.2 Å². The Hall–Kier alpha value is -2.55.